The summed E-state index contributed by atoms with van der Waals surface area (Å²) in [6.07, 6.45) is 3.07. The van der Waals surface area contributed by atoms with Gasteiger partial charge in [-0.15, -0.1) is 0 Å². The van der Waals surface area contributed by atoms with Crippen molar-refractivity contribution in [1.82, 2.24) is 4.57 Å². The molecule has 0 N–H and O–H groups in total. The summed E-state index contributed by atoms with van der Waals surface area (Å²) in [7, 11) is 0. The Morgan fingerprint density at radius 3 is 2.58 bits per heavy atom. The second-order valence-corrected chi connectivity index (χ2v) is 4.59. The topological polar surface area (TPSA) is 28.7 Å². The maximum atomic E-state index is 9.09. The third-order valence-corrected chi connectivity index (χ3v) is 3.42. The normalized spacial score (nSPS) is 10.5. The standard InChI is InChI=1S/C17H14N2/c18-13-15-7-4-8-17-16(15)10-12-19(17)11-9-14-5-2-1-3-6-14/h1-8,10,12H,9,11H2. The van der Waals surface area contributed by atoms with E-state index in [1.54, 1.807) is 0 Å². The van der Waals surface area contributed by atoms with Gasteiger partial charge in [-0.3, -0.25) is 0 Å². The van der Waals surface area contributed by atoms with Gasteiger partial charge in [0.2, 0.25) is 0 Å². The van der Waals surface area contributed by atoms with E-state index in [4.69, 9.17) is 5.26 Å². The average molecular weight is 246 g/mol. The Hall–Kier alpha value is -2.53. The van der Waals surface area contributed by atoms with Gasteiger partial charge in [0.25, 0.3) is 0 Å². The van der Waals surface area contributed by atoms with Crippen molar-refractivity contribution in [3.63, 3.8) is 0 Å². The fourth-order valence-electron chi connectivity index (χ4n) is 2.41. The van der Waals surface area contributed by atoms with Gasteiger partial charge in [-0.2, -0.15) is 5.26 Å². The number of hydrogen-bond donors (Lipinski definition) is 0. The van der Waals surface area contributed by atoms with Crippen molar-refractivity contribution in [3.05, 3.63) is 71.9 Å². The van der Waals surface area contributed by atoms with Gasteiger partial charge < -0.3 is 4.57 Å². The molecule has 3 rings (SSSR count). The van der Waals surface area contributed by atoms with Crippen LogP contribution in [0.4, 0.5) is 0 Å². The van der Waals surface area contributed by atoms with Crippen molar-refractivity contribution in [2.45, 2.75) is 13.0 Å². The number of aryl methyl sites for hydroxylation is 2. The summed E-state index contributed by atoms with van der Waals surface area (Å²) in [5, 5.41) is 10.1. The molecule has 0 aliphatic rings. The molecule has 2 heteroatoms. The van der Waals surface area contributed by atoms with Crippen LogP contribution in [0, 0.1) is 11.3 Å². The molecule has 2 aromatic carbocycles. The highest BCUT2D eigenvalue weighted by Gasteiger charge is 2.04. The highest BCUT2D eigenvalue weighted by Crippen LogP contribution is 2.20. The van der Waals surface area contributed by atoms with Gasteiger partial charge >= 0.3 is 0 Å². The third kappa shape index (κ3) is 2.23. The van der Waals surface area contributed by atoms with Gasteiger partial charge in [0.15, 0.2) is 0 Å². The average Bonchev–Trinajstić information content (AvgIpc) is 2.89. The van der Waals surface area contributed by atoms with Gasteiger partial charge in [0, 0.05) is 23.6 Å². The third-order valence-electron chi connectivity index (χ3n) is 3.42. The minimum Gasteiger partial charge on any atom is -0.347 e. The summed E-state index contributed by atoms with van der Waals surface area (Å²) >= 11 is 0. The number of aromatic nitrogens is 1. The lowest BCUT2D eigenvalue weighted by atomic mass is 10.1. The van der Waals surface area contributed by atoms with Crippen LogP contribution < -0.4 is 0 Å². The van der Waals surface area contributed by atoms with Crippen molar-refractivity contribution in [2.24, 2.45) is 0 Å². The maximum Gasteiger partial charge on any atom is 0.0998 e. The molecule has 0 amide bonds. The number of hydrogen-bond acceptors (Lipinski definition) is 1. The minimum absolute atomic E-state index is 0.746. The molecule has 19 heavy (non-hydrogen) atoms. The molecule has 92 valence electrons. The monoisotopic (exact) mass is 246 g/mol. The van der Waals surface area contributed by atoms with Crippen molar-refractivity contribution >= 4 is 10.9 Å². The first-order chi connectivity index (χ1) is 9.38. The van der Waals surface area contributed by atoms with Gasteiger partial charge in [-0.1, -0.05) is 36.4 Å². The number of benzene rings is 2. The number of nitrogens with zero attached hydrogens (tertiary/aromatic N) is 2. The van der Waals surface area contributed by atoms with Crippen LogP contribution in [-0.4, -0.2) is 4.57 Å². The summed E-state index contributed by atoms with van der Waals surface area (Å²) < 4.78 is 2.21. The lowest BCUT2D eigenvalue weighted by Gasteiger charge is -2.05. The van der Waals surface area contributed by atoms with E-state index < -0.39 is 0 Å². The highest BCUT2D eigenvalue weighted by atomic mass is 14.9. The van der Waals surface area contributed by atoms with Crippen LogP contribution in [-0.2, 0) is 13.0 Å². The molecule has 0 atom stereocenters. The fourth-order valence-corrected chi connectivity index (χ4v) is 2.41. The molecular formula is C17H14N2. The zero-order valence-electron chi connectivity index (χ0n) is 10.6. The first kappa shape index (κ1) is 11.6. The van der Waals surface area contributed by atoms with E-state index in [9.17, 15) is 0 Å². The molecule has 3 aromatic rings. The molecule has 0 spiro atoms. The van der Waals surface area contributed by atoms with Crippen LogP contribution in [0.5, 0.6) is 0 Å². The van der Waals surface area contributed by atoms with Crippen LogP contribution in [0.2, 0.25) is 0 Å². The van der Waals surface area contributed by atoms with Gasteiger partial charge in [-0.25, -0.2) is 0 Å². The maximum absolute atomic E-state index is 9.09. The Kier molecular flexibility index (Phi) is 3.04. The van der Waals surface area contributed by atoms with Gasteiger partial charge in [0.1, 0.15) is 0 Å². The number of rotatable bonds is 3. The molecule has 0 unspecified atom stereocenters. The second-order valence-electron chi connectivity index (χ2n) is 4.59. The Bertz CT molecular complexity index is 733. The summed E-state index contributed by atoms with van der Waals surface area (Å²) in [5.74, 6) is 0. The van der Waals surface area contributed by atoms with Crippen LogP contribution in [0.15, 0.2) is 60.8 Å². The molecule has 0 radical (unpaired) electrons. The van der Waals surface area contributed by atoms with Crippen LogP contribution in [0.3, 0.4) is 0 Å². The lowest BCUT2D eigenvalue weighted by Crippen LogP contribution is -1.99. The van der Waals surface area contributed by atoms with Crippen LogP contribution in [0.25, 0.3) is 10.9 Å². The van der Waals surface area contributed by atoms with E-state index >= 15 is 0 Å². The van der Waals surface area contributed by atoms with Gasteiger partial charge in [0.05, 0.1) is 11.6 Å². The first-order valence-electron chi connectivity index (χ1n) is 6.40. The number of nitriles is 1. The van der Waals surface area contributed by atoms with Crippen molar-refractivity contribution in [1.29, 1.82) is 5.26 Å². The molecule has 0 saturated heterocycles. The van der Waals surface area contributed by atoms with Crippen LogP contribution in [0.1, 0.15) is 11.1 Å². The Morgan fingerprint density at radius 2 is 1.79 bits per heavy atom. The van der Waals surface area contributed by atoms with Crippen molar-refractivity contribution in [3.8, 4) is 6.07 Å². The summed E-state index contributed by atoms with van der Waals surface area (Å²) in [6, 6.07) is 20.6. The zero-order chi connectivity index (χ0) is 13.1. The predicted molar refractivity (Wildman–Crippen MR) is 76.8 cm³/mol. The van der Waals surface area contributed by atoms with E-state index in [2.05, 4.69) is 47.2 Å². The summed E-state index contributed by atoms with van der Waals surface area (Å²) in [5.41, 5.74) is 3.21. The Morgan fingerprint density at radius 1 is 0.947 bits per heavy atom. The molecule has 0 saturated carbocycles. The first-order valence-corrected chi connectivity index (χ1v) is 6.40. The fraction of sp³-hybridized carbons (Fsp3) is 0.118. The SMILES string of the molecule is N#Cc1cccc2c1ccn2CCc1ccccc1. The smallest absolute Gasteiger partial charge is 0.0998 e. The molecule has 2 nitrogen and oxygen atoms in total. The molecule has 0 bridgehead atoms. The van der Waals surface area contributed by atoms with E-state index in [-0.39, 0.29) is 0 Å². The van der Waals surface area contributed by atoms with Crippen molar-refractivity contribution < 1.29 is 0 Å². The highest BCUT2D eigenvalue weighted by molar-refractivity contribution is 5.85. The Labute approximate surface area is 112 Å². The summed E-state index contributed by atoms with van der Waals surface area (Å²) in [4.78, 5) is 0. The van der Waals surface area contributed by atoms with Gasteiger partial charge in [-0.05, 0) is 30.2 Å². The molecule has 1 heterocycles. The van der Waals surface area contributed by atoms with E-state index in [1.807, 2.05) is 24.3 Å². The van der Waals surface area contributed by atoms with E-state index in [0.29, 0.717) is 0 Å². The molecule has 0 aliphatic heterocycles. The largest absolute Gasteiger partial charge is 0.347 e. The molecule has 0 aliphatic carbocycles. The lowest BCUT2D eigenvalue weighted by molar-refractivity contribution is 0.723. The van der Waals surface area contributed by atoms with E-state index in [1.165, 1.54) is 5.56 Å². The predicted octanol–water partition coefficient (Wildman–Crippen LogP) is 3.76. The molecule has 0 fully saturated rings. The second kappa shape index (κ2) is 4.99. The Balaban J connectivity index is 1.88. The summed E-state index contributed by atoms with van der Waals surface area (Å²) in [6.45, 7) is 0.933. The minimum atomic E-state index is 0.746. The van der Waals surface area contributed by atoms with Crippen LogP contribution >= 0.6 is 0 Å². The molecule has 1 aromatic heterocycles. The zero-order valence-corrected chi connectivity index (χ0v) is 10.6. The molecular weight excluding hydrogens is 232 g/mol. The number of fused-ring (bicyclic) bond motifs is 1. The quantitative estimate of drug-likeness (QED) is 0.691. The van der Waals surface area contributed by atoms with Crippen molar-refractivity contribution in [2.75, 3.05) is 0 Å². The van der Waals surface area contributed by atoms with E-state index in [0.717, 1.165) is 29.4 Å².